The highest BCUT2D eigenvalue weighted by Crippen LogP contribution is 2.39. The highest BCUT2D eigenvalue weighted by atomic mass is 19.4. The lowest BCUT2D eigenvalue weighted by Crippen LogP contribution is -2.16. The van der Waals surface area contributed by atoms with E-state index in [1.54, 1.807) is 18.2 Å². The SMILES string of the molecule is Cc1cc2c(cc1C(F)(F)F)NC(=O)CC(c1cccc(CCC(=O)O)c1)N2. The predicted octanol–water partition coefficient (Wildman–Crippen LogP) is 4.53. The first-order valence-corrected chi connectivity index (χ1v) is 8.72. The van der Waals surface area contributed by atoms with Crippen molar-refractivity contribution in [2.75, 3.05) is 10.6 Å². The first-order chi connectivity index (χ1) is 13.1. The zero-order chi connectivity index (χ0) is 20.5. The standard InChI is InChI=1S/C20H19F3N2O3/c1-11-7-16-17(9-14(11)20(21,22)23)25-18(26)10-15(24-16)13-4-2-3-12(8-13)5-6-19(27)28/h2-4,7-9,15,24H,5-6,10H2,1H3,(H,25,26)(H,27,28). The van der Waals surface area contributed by atoms with Crippen molar-refractivity contribution in [3.63, 3.8) is 0 Å². The van der Waals surface area contributed by atoms with E-state index in [1.807, 2.05) is 6.07 Å². The van der Waals surface area contributed by atoms with E-state index in [0.717, 1.165) is 17.2 Å². The van der Waals surface area contributed by atoms with Gasteiger partial charge in [-0.1, -0.05) is 24.3 Å². The van der Waals surface area contributed by atoms with Gasteiger partial charge in [-0.2, -0.15) is 13.2 Å². The Balaban J connectivity index is 1.92. The minimum Gasteiger partial charge on any atom is -0.481 e. The van der Waals surface area contributed by atoms with Crippen LogP contribution in [0.4, 0.5) is 24.5 Å². The molecule has 0 fully saturated rings. The third kappa shape index (κ3) is 4.44. The Kier molecular flexibility index (Phi) is 5.31. The van der Waals surface area contributed by atoms with Crippen molar-refractivity contribution < 1.29 is 27.9 Å². The molecule has 0 saturated heterocycles. The van der Waals surface area contributed by atoms with Crippen molar-refractivity contribution >= 4 is 23.3 Å². The average Bonchev–Trinajstić information content (AvgIpc) is 2.76. The smallest absolute Gasteiger partial charge is 0.416 e. The van der Waals surface area contributed by atoms with E-state index in [-0.39, 0.29) is 24.1 Å². The number of carboxylic acid groups (broad SMARTS) is 1. The molecule has 2 aromatic rings. The zero-order valence-electron chi connectivity index (χ0n) is 15.1. The quantitative estimate of drug-likeness (QED) is 0.715. The number of aliphatic carboxylic acids is 1. The molecule has 0 spiro atoms. The largest absolute Gasteiger partial charge is 0.481 e. The normalized spacial score (nSPS) is 16.6. The fraction of sp³-hybridized carbons (Fsp3) is 0.300. The molecule has 28 heavy (non-hydrogen) atoms. The number of anilines is 2. The second-order valence-electron chi connectivity index (χ2n) is 6.80. The number of benzene rings is 2. The molecule has 1 heterocycles. The van der Waals surface area contributed by atoms with Gasteiger partial charge in [0.25, 0.3) is 0 Å². The van der Waals surface area contributed by atoms with Crippen LogP contribution >= 0.6 is 0 Å². The van der Waals surface area contributed by atoms with Crippen LogP contribution in [0.5, 0.6) is 0 Å². The highest BCUT2D eigenvalue weighted by molar-refractivity contribution is 5.97. The number of rotatable bonds is 4. The first kappa shape index (κ1) is 19.7. The van der Waals surface area contributed by atoms with E-state index in [1.165, 1.54) is 13.0 Å². The van der Waals surface area contributed by atoms with Crippen molar-refractivity contribution in [1.29, 1.82) is 0 Å². The summed E-state index contributed by atoms with van der Waals surface area (Å²) in [5.41, 5.74) is 1.36. The van der Waals surface area contributed by atoms with Crippen molar-refractivity contribution in [2.45, 2.75) is 38.4 Å². The van der Waals surface area contributed by atoms with Crippen LogP contribution in [0.25, 0.3) is 0 Å². The van der Waals surface area contributed by atoms with Gasteiger partial charge < -0.3 is 15.7 Å². The second-order valence-corrected chi connectivity index (χ2v) is 6.80. The van der Waals surface area contributed by atoms with E-state index in [9.17, 15) is 22.8 Å². The number of fused-ring (bicyclic) bond motifs is 1. The number of alkyl halides is 3. The zero-order valence-corrected chi connectivity index (χ0v) is 15.1. The Morgan fingerprint density at radius 1 is 1.21 bits per heavy atom. The summed E-state index contributed by atoms with van der Waals surface area (Å²) in [6.45, 7) is 1.37. The summed E-state index contributed by atoms with van der Waals surface area (Å²) in [4.78, 5) is 23.0. The fourth-order valence-electron chi connectivity index (χ4n) is 3.28. The van der Waals surface area contributed by atoms with Gasteiger partial charge in [0, 0.05) is 6.42 Å². The van der Waals surface area contributed by atoms with Gasteiger partial charge in [-0.15, -0.1) is 0 Å². The predicted molar refractivity (Wildman–Crippen MR) is 98.2 cm³/mol. The van der Waals surface area contributed by atoms with Gasteiger partial charge in [0.05, 0.1) is 29.4 Å². The van der Waals surface area contributed by atoms with Gasteiger partial charge in [-0.25, -0.2) is 0 Å². The maximum Gasteiger partial charge on any atom is 0.416 e. The van der Waals surface area contributed by atoms with Crippen molar-refractivity contribution in [1.82, 2.24) is 0 Å². The van der Waals surface area contributed by atoms with Gasteiger partial charge in [-0.05, 0) is 42.2 Å². The van der Waals surface area contributed by atoms with E-state index in [0.29, 0.717) is 12.1 Å². The van der Waals surface area contributed by atoms with Crippen LogP contribution in [0, 0.1) is 6.92 Å². The van der Waals surface area contributed by atoms with E-state index < -0.39 is 29.7 Å². The number of hydrogen-bond donors (Lipinski definition) is 3. The highest BCUT2D eigenvalue weighted by Gasteiger charge is 2.34. The maximum atomic E-state index is 13.2. The van der Waals surface area contributed by atoms with Gasteiger partial charge in [0.1, 0.15) is 0 Å². The van der Waals surface area contributed by atoms with Crippen molar-refractivity contribution in [2.24, 2.45) is 0 Å². The number of nitrogens with one attached hydrogen (secondary N) is 2. The third-order valence-corrected chi connectivity index (χ3v) is 4.64. The number of carbonyl (C=O) groups excluding carboxylic acids is 1. The molecule has 8 heteroatoms. The van der Waals surface area contributed by atoms with Gasteiger partial charge in [0.15, 0.2) is 0 Å². The Bertz CT molecular complexity index is 925. The lowest BCUT2D eigenvalue weighted by atomic mass is 9.99. The molecule has 2 aromatic carbocycles. The molecule has 3 rings (SSSR count). The summed E-state index contributed by atoms with van der Waals surface area (Å²) in [5, 5.41) is 14.5. The van der Waals surface area contributed by atoms with Gasteiger partial charge in [-0.3, -0.25) is 9.59 Å². The number of halogens is 3. The maximum absolute atomic E-state index is 13.2. The Hall–Kier alpha value is -3.03. The van der Waals surface area contributed by atoms with Crippen LogP contribution in [0.3, 0.4) is 0 Å². The number of aryl methyl sites for hydroxylation is 2. The van der Waals surface area contributed by atoms with Crippen LogP contribution in [0.1, 0.15) is 41.1 Å². The molecule has 0 saturated carbocycles. The van der Waals surface area contributed by atoms with E-state index in [4.69, 9.17) is 5.11 Å². The van der Waals surface area contributed by atoms with Gasteiger partial charge in [0.2, 0.25) is 5.91 Å². The molecule has 3 N–H and O–H groups in total. The molecular weight excluding hydrogens is 373 g/mol. The third-order valence-electron chi connectivity index (χ3n) is 4.64. The number of carbonyl (C=O) groups is 2. The molecule has 0 radical (unpaired) electrons. The van der Waals surface area contributed by atoms with Crippen molar-refractivity contribution in [3.8, 4) is 0 Å². The summed E-state index contributed by atoms with van der Waals surface area (Å²) < 4.78 is 39.5. The Labute approximate surface area is 159 Å². The molecule has 1 unspecified atom stereocenters. The Morgan fingerprint density at radius 2 is 1.96 bits per heavy atom. The second kappa shape index (κ2) is 7.53. The van der Waals surface area contributed by atoms with E-state index in [2.05, 4.69) is 10.6 Å². The van der Waals surface area contributed by atoms with Crippen LogP contribution in [-0.4, -0.2) is 17.0 Å². The molecule has 5 nitrogen and oxygen atoms in total. The minimum atomic E-state index is -4.51. The molecule has 148 valence electrons. The number of amides is 1. The average molecular weight is 392 g/mol. The molecular formula is C20H19F3N2O3. The van der Waals surface area contributed by atoms with Crippen LogP contribution in [-0.2, 0) is 22.2 Å². The van der Waals surface area contributed by atoms with Crippen LogP contribution in [0.2, 0.25) is 0 Å². The topological polar surface area (TPSA) is 78.4 Å². The summed E-state index contributed by atoms with van der Waals surface area (Å²) in [6, 6.07) is 9.08. The monoisotopic (exact) mass is 392 g/mol. The lowest BCUT2D eigenvalue weighted by Gasteiger charge is -2.20. The molecule has 0 bridgehead atoms. The number of carboxylic acids is 1. The molecule has 0 aliphatic carbocycles. The summed E-state index contributed by atoms with van der Waals surface area (Å²) in [6.07, 6.45) is -4.12. The minimum absolute atomic E-state index is 0.00964. The fourth-order valence-corrected chi connectivity index (χ4v) is 3.28. The molecule has 1 aliphatic rings. The Morgan fingerprint density at radius 3 is 2.64 bits per heavy atom. The summed E-state index contributed by atoms with van der Waals surface area (Å²) >= 11 is 0. The summed E-state index contributed by atoms with van der Waals surface area (Å²) in [7, 11) is 0. The molecule has 0 aromatic heterocycles. The van der Waals surface area contributed by atoms with Gasteiger partial charge >= 0.3 is 12.1 Å². The van der Waals surface area contributed by atoms with Crippen LogP contribution in [0.15, 0.2) is 36.4 Å². The molecule has 1 atom stereocenters. The molecule has 1 amide bonds. The van der Waals surface area contributed by atoms with E-state index >= 15 is 0 Å². The summed E-state index contributed by atoms with van der Waals surface area (Å²) in [5.74, 6) is -1.30. The molecule has 1 aliphatic heterocycles. The lowest BCUT2D eigenvalue weighted by molar-refractivity contribution is -0.138. The number of hydrogen-bond acceptors (Lipinski definition) is 3. The first-order valence-electron chi connectivity index (χ1n) is 8.72. The van der Waals surface area contributed by atoms with Crippen LogP contribution < -0.4 is 10.6 Å². The van der Waals surface area contributed by atoms with Crippen molar-refractivity contribution in [3.05, 3.63) is 58.7 Å².